The fourth-order valence-corrected chi connectivity index (χ4v) is 1.26. The molecule has 0 N–H and O–H groups in total. The van der Waals surface area contributed by atoms with Crippen molar-refractivity contribution in [3.63, 3.8) is 0 Å². The number of hydrogen-bond donors (Lipinski definition) is 0. The SMILES string of the molecule is CCOOCc1csc(C)n1. The second-order valence-electron chi connectivity index (χ2n) is 2.03. The summed E-state index contributed by atoms with van der Waals surface area (Å²) in [5.41, 5.74) is 0.931. The Morgan fingerprint density at radius 2 is 2.36 bits per heavy atom. The standard InChI is InChI=1S/C7H11NO2S/c1-3-9-10-4-7-5-11-6(2)8-7/h5H,3-4H2,1-2H3. The molecule has 0 saturated heterocycles. The number of aryl methyl sites for hydroxylation is 1. The minimum Gasteiger partial charge on any atom is -0.244 e. The fourth-order valence-electron chi connectivity index (χ4n) is 0.660. The van der Waals surface area contributed by atoms with Crippen LogP contribution in [0.4, 0.5) is 0 Å². The molecule has 0 bridgehead atoms. The number of thiazole rings is 1. The predicted molar refractivity (Wildman–Crippen MR) is 43.3 cm³/mol. The van der Waals surface area contributed by atoms with Crippen molar-refractivity contribution in [2.75, 3.05) is 6.61 Å². The lowest BCUT2D eigenvalue weighted by atomic mass is 10.5. The normalized spacial score (nSPS) is 10.4. The molecule has 0 atom stereocenters. The molecule has 11 heavy (non-hydrogen) atoms. The van der Waals surface area contributed by atoms with E-state index in [1.165, 1.54) is 0 Å². The van der Waals surface area contributed by atoms with Crippen LogP contribution in [0.15, 0.2) is 5.38 Å². The van der Waals surface area contributed by atoms with Crippen molar-refractivity contribution < 1.29 is 9.78 Å². The summed E-state index contributed by atoms with van der Waals surface area (Å²) in [4.78, 5) is 13.7. The molecule has 0 aromatic carbocycles. The van der Waals surface area contributed by atoms with E-state index >= 15 is 0 Å². The molecule has 4 heteroatoms. The van der Waals surface area contributed by atoms with Crippen molar-refractivity contribution in [1.82, 2.24) is 4.98 Å². The Hall–Kier alpha value is -0.450. The Labute approximate surface area is 69.9 Å². The van der Waals surface area contributed by atoms with E-state index in [2.05, 4.69) is 4.98 Å². The van der Waals surface area contributed by atoms with Crippen LogP contribution < -0.4 is 0 Å². The maximum absolute atomic E-state index is 4.83. The van der Waals surface area contributed by atoms with Gasteiger partial charge >= 0.3 is 0 Å². The summed E-state index contributed by atoms with van der Waals surface area (Å²) in [5.74, 6) is 0. The van der Waals surface area contributed by atoms with Crippen molar-refractivity contribution in [2.45, 2.75) is 20.5 Å². The van der Waals surface area contributed by atoms with Crippen molar-refractivity contribution in [2.24, 2.45) is 0 Å². The van der Waals surface area contributed by atoms with Crippen LogP contribution in [0.5, 0.6) is 0 Å². The highest BCUT2D eigenvalue weighted by Gasteiger charge is 1.97. The molecule has 0 unspecified atom stereocenters. The third-order valence-electron chi connectivity index (χ3n) is 1.07. The smallest absolute Gasteiger partial charge is 0.125 e. The van der Waals surface area contributed by atoms with Crippen LogP contribution in [0.1, 0.15) is 17.6 Å². The molecule has 0 spiro atoms. The average molecular weight is 173 g/mol. The van der Waals surface area contributed by atoms with E-state index in [0.29, 0.717) is 13.2 Å². The Morgan fingerprint density at radius 1 is 1.55 bits per heavy atom. The predicted octanol–water partition coefficient (Wildman–Crippen LogP) is 1.92. The van der Waals surface area contributed by atoms with Gasteiger partial charge in [-0.3, -0.25) is 0 Å². The molecule has 62 valence electrons. The number of nitrogens with zero attached hydrogens (tertiary/aromatic N) is 1. The monoisotopic (exact) mass is 173 g/mol. The van der Waals surface area contributed by atoms with Gasteiger partial charge in [-0.05, 0) is 13.8 Å². The Kier molecular flexibility index (Phi) is 3.48. The van der Waals surface area contributed by atoms with Gasteiger partial charge in [0.15, 0.2) is 0 Å². The van der Waals surface area contributed by atoms with Crippen LogP contribution in [0.2, 0.25) is 0 Å². The second-order valence-corrected chi connectivity index (χ2v) is 3.09. The van der Waals surface area contributed by atoms with Crippen LogP contribution in [0.25, 0.3) is 0 Å². The Morgan fingerprint density at radius 3 is 2.91 bits per heavy atom. The van der Waals surface area contributed by atoms with Gasteiger partial charge in [-0.15, -0.1) is 11.3 Å². The van der Waals surface area contributed by atoms with Gasteiger partial charge in [-0.2, -0.15) is 0 Å². The molecule has 0 radical (unpaired) electrons. The quantitative estimate of drug-likeness (QED) is 0.396. The van der Waals surface area contributed by atoms with Crippen LogP contribution in [0, 0.1) is 6.92 Å². The lowest BCUT2D eigenvalue weighted by molar-refractivity contribution is -0.301. The van der Waals surface area contributed by atoms with Crippen LogP contribution in [-0.2, 0) is 16.4 Å². The van der Waals surface area contributed by atoms with Gasteiger partial charge in [-0.1, -0.05) is 0 Å². The minimum atomic E-state index is 0.443. The van der Waals surface area contributed by atoms with Gasteiger partial charge in [0.1, 0.15) is 6.61 Å². The molecule has 1 heterocycles. The van der Waals surface area contributed by atoms with E-state index < -0.39 is 0 Å². The molecular formula is C7H11NO2S. The summed E-state index contributed by atoms with van der Waals surface area (Å²) >= 11 is 1.62. The molecule has 0 aliphatic heterocycles. The summed E-state index contributed by atoms with van der Waals surface area (Å²) < 4.78 is 0. The van der Waals surface area contributed by atoms with Gasteiger partial charge in [0.2, 0.25) is 0 Å². The number of rotatable bonds is 4. The molecule has 1 rings (SSSR count). The highest BCUT2D eigenvalue weighted by atomic mass is 32.1. The molecule has 0 aliphatic rings. The third-order valence-corrected chi connectivity index (χ3v) is 1.90. The first-order valence-electron chi connectivity index (χ1n) is 3.48. The Balaban J connectivity index is 2.27. The van der Waals surface area contributed by atoms with Gasteiger partial charge in [0.05, 0.1) is 17.3 Å². The summed E-state index contributed by atoms with van der Waals surface area (Å²) in [6.45, 7) is 4.86. The van der Waals surface area contributed by atoms with Gasteiger partial charge in [-0.25, -0.2) is 14.8 Å². The maximum atomic E-state index is 4.83. The topological polar surface area (TPSA) is 31.4 Å². The zero-order valence-corrected chi connectivity index (χ0v) is 7.48. The number of aromatic nitrogens is 1. The minimum absolute atomic E-state index is 0.443. The molecule has 1 aromatic rings. The van der Waals surface area contributed by atoms with Crippen molar-refractivity contribution in [3.8, 4) is 0 Å². The van der Waals surface area contributed by atoms with Gasteiger partial charge in [0.25, 0.3) is 0 Å². The van der Waals surface area contributed by atoms with E-state index in [9.17, 15) is 0 Å². The zero-order valence-electron chi connectivity index (χ0n) is 6.66. The molecule has 3 nitrogen and oxygen atoms in total. The average Bonchev–Trinajstić information content (AvgIpc) is 2.37. The van der Waals surface area contributed by atoms with E-state index in [1.807, 2.05) is 19.2 Å². The Bertz CT molecular complexity index is 212. The van der Waals surface area contributed by atoms with E-state index in [4.69, 9.17) is 9.78 Å². The van der Waals surface area contributed by atoms with Gasteiger partial charge < -0.3 is 0 Å². The maximum Gasteiger partial charge on any atom is 0.125 e. The first kappa shape index (κ1) is 8.64. The molecule has 0 fully saturated rings. The van der Waals surface area contributed by atoms with Crippen molar-refractivity contribution >= 4 is 11.3 Å². The molecule has 0 amide bonds. The third kappa shape index (κ3) is 2.96. The van der Waals surface area contributed by atoms with E-state index in [-0.39, 0.29) is 0 Å². The van der Waals surface area contributed by atoms with Crippen molar-refractivity contribution in [1.29, 1.82) is 0 Å². The highest BCUT2D eigenvalue weighted by Crippen LogP contribution is 2.08. The summed E-state index contributed by atoms with van der Waals surface area (Å²) in [7, 11) is 0. The lowest BCUT2D eigenvalue weighted by Crippen LogP contribution is -1.94. The van der Waals surface area contributed by atoms with E-state index in [0.717, 1.165) is 10.7 Å². The summed E-state index contributed by atoms with van der Waals surface area (Å²) in [5, 5.41) is 3.02. The molecule has 1 aromatic heterocycles. The summed E-state index contributed by atoms with van der Waals surface area (Å²) in [6.07, 6.45) is 0. The largest absolute Gasteiger partial charge is 0.244 e. The molecule has 0 saturated carbocycles. The molecule has 0 aliphatic carbocycles. The van der Waals surface area contributed by atoms with Crippen molar-refractivity contribution in [3.05, 3.63) is 16.1 Å². The second kappa shape index (κ2) is 4.43. The summed E-state index contributed by atoms with van der Waals surface area (Å²) in [6, 6.07) is 0. The van der Waals surface area contributed by atoms with Gasteiger partial charge in [0, 0.05) is 5.38 Å². The number of hydrogen-bond acceptors (Lipinski definition) is 4. The fraction of sp³-hybridized carbons (Fsp3) is 0.571. The van der Waals surface area contributed by atoms with Crippen LogP contribution >= 0.6 is 11.3 Å². The molecular weight excluding hydrogens is 162 g/mol. The van der Waals surface area contributed by atoms with E-state index in [1.54, 1.807) is 11.3 Å². The van der Waals surface area contributed by atoms with Crippen LogP contribution in [-0.4, -0.2) is 11.6 Å². The highest BCUT2D eigenvalue weighted by molar-refractivity contribution is 7.09. The first-order chi connectivity index (χ1) is 5.33. The van der Waals surface area contributed by atoms with Crippen LogP contribution in [0.3, 0.4) is 0 Å². The first-order valence-corrected chi connectivity index (χ1v) is 4.36. The zero-order chi connectivity index (χ0) is 8.10. The lowest BCUT2D eigenvalue weighted by Gasteiger charge is -1.96.